The van der Waals surface area contributed by atoms with Gasteiger partial charge in [0, 0.05) is 25.3 Å². The minimum Gasteiger partial charge on any atom is -0.464 e. The summed E-state index contributed by atoms with van der Waals surface area (Å²) in [5, 5.41) is 3.55. The Bertz CT molecular complexity index is 956. The molecule has 1 amide bonds. The van der Waals surface area contributed by atoms with Crippen LogP contribution in [0.1, 0.15) is 31.3 Å². The number of carbonyl (C=O) groups excluding carboxylic acids is 1. The van der Waals surface area contributed by atoms with Crippen molar-refractivity contribution in [3.8, 4) is 0 Å². The summed E-state index contributed by atoms with van der Waals surface area (Å²) in [4.78, 5) is 22.9. The second kappa shape index (κ2) is 7.92. The van der Waals surface area contributed by atoms with Crippen LogP contribution in [0.25, 0.3) is 11.2 Å². The molecule has 8 nitrogen and oxygen atoms in total. The summed E-state index contributed by atoms with van der Waals surface area (Å²) >= 11 is 0. The molecular weight excluding hydrogens is 358 g/mol. The summed E-state index contributed by atoms with van der Waals surface area (Å²) in [6.07, 6.45) is 3.23. The number of aromatic nitrogens is 3. The number of hydrogen-bond acceptors (Lipinski definition) is 6. The lowest BCUT2D eigenvalue weighted by Crippen LogP contribution is -2.42. The Kier molecular flexibility index (Phi) is 5.18. The second-order valence-electron chi connectivity index (χ2n) is 6.98. The normalized spacial score (nSPS) is 15.1. The average molecular weight is 383 g/mol. The Morgan fingerprint density at radius 1 is 1.32 bits per heavy atom. The Labute approximate surface area is 163 Å². The molecule has 0 saturated carbocycles. The number of furan rings is 1. The van der Waals surface area contributed by atoms with Crippen molar-refractivity contribution in [1.29, 1.82) is 0 Å². The van der Waals surface area contributed by atoms with Crippen molar-refractivity contribution in [2.75, 3.05) is 25.0 Å². The standard InChI is InChI=1S/C20H25N5O3/c1-3-27-20(26)24-11-8-15(9-12-24)22-19-23-17-5-4-10-21-18(17)25(19)13-16-7-6-14(2)28-16/h4-7,10,15H,3,8-9,11-13H2,1-2H3,(H,22,23). The summed E-state index contributed by atoms with van der Waals surface area (Å²) in [6.45, 7) is 6.07. The van der Waals surface area contributed by atoms with Crippen LogP contribution in [0.15, 0.2) is 34.9 Å². The number of anilines is 1. The van der Waals surface area contributed by atoms with Gasteiger partial charge in [0.15, 0.2) is 5.65 Å². The fourth-order valence-corrected chi connectivity index (χ4v) is 3.55. The van der Waals surface area contributed by atoms with Gasteiger partial charge in [-0.05, 0) is 51.0 Å². The van der Waals surface area contributed by atoms with Gasteiger partial charge in [0.1, 0.15) is 17.0 Å². The molecule has 0 atom stereocenters. The number of carbonyl (C=O) groups is 1. The minimum absolute atomic E-state index is 0.231. The third-order valence-electron chi connectivity index (χ3n) is 4.97. The van der Waals surface area contributed by atoms with Gasteiger partial charge in [0.25, 0.3) is 0 Å². The highest BCUT2D eigenvalue weighted by Crippen LogP contribution is 2.23. The van der Waals surface area contributed by atoms with Gasteiger partial charge in [0.05, 0.1) is 13.2 Å². The van der Waals surface area contributed by atoms with Crippen molar-refractivity contribution in [2.24, 2.45) is 0 Å². The summed E-state index contributed by atoms with van der Waals surface area (Å²) < 4.78 is 12.9. The predicted molar refractivity (Wildman–Crippen MR) is 105 cm³/mol. The van der Waals surface area contributed by atoms with E-state index in [1.807, 2.05) is 42.7 Å². The lowest BCUT2D eigenvalue weighted by atomic mass is 10.1. The SMILES string of the molecule is CCOC(=O)N1CCC(Nc2nc3cccnc3n2Cc2ccc(C)o2)CC1. The number of ether oxygens (including phenoxy) is 1. The molecule has 0 aliphatic carbocycles. The first kappa shape index (κ1) is 18.3. The van der Waals surface area contributed by atoms with Crippen LogP contribution in [-0.4, -0.2) is 51.3 Å². The van der Waals surface area contributed by atoms with E-state index >= 15 is 0 Å². The van der Waals surface area contributed by atoms with Crippen molar-refractivity contribution in [1.82, 2.24) is 19.4 Å². The lowest BCUT2D eigenvalue weighted by molar-refractivity contribution is 0.0983. The number of hydrogen-bond donors (Lipinski definition) is 1. The maximum absolute atomic E-state index is 11.9. The van der Waals surface area contributed by atoms with E-state index in [0.717, 1.165) is 41.5 Å². The van der Waals surface area contributed by atoms with Crippen molar-refractivity contribution >= 4 is 23.2 Å². The molecule has 8 heteroatoms. The number of pyridine rings is 1. The zero-order valence-corrected chi connectivity index (χ0v) is 16.2. The smallest absolute Gasteiger partial charge is 0.409 e. The first-order valence-electron chi connectivity index (χ1n) is 9.69. The van der Waals surface area contributed by atoms with Crippen LogP contribution in [0.2, 0.25) is 0 Å². The van der Waals surface area contributed by atoms with E-state index in [9.17, 15) is 4.79 Å². The summed E-state index contributed by atoms with van der Waals surface area (Å²) in [5.41, 5.74) is 1.67. The largest absolute Gasteiger partial charge is 0.464 e. The van der Waals surface area contributed by atoms with E-state index in [-0.39, 0.29) is 12.1 Å². The van der Waals surface area contributed by atoms with Gasteiger partial charge < -0.3 is 19.4 Å². The Morgan fingerprint density at radius 3 is 2.86 bits per heavy atom. The van der Waals surface area contributed by atoms with E-state index < -0.39 is 0 Å². The molecule has 1 saturated heterocycles. The van der Waals surface area contributed by atoms with Crippen LogP contribution in [0.5, 0.6) is 0 Å². The van der Waals surface area contributed by atoms with Crippen LogP contribution in [0.3, 0.4) is 0 Å². The van der Waals surface area contributed by atoms with Gasteiger partial charge in [-0.25, -0.2) is 14.8 Å². The molecule has 1 aliphatic heterocycles. The molecule has 1 N–H and O–H groups in total. The highest BCUT2D eigenvalue weighted by molar-refractivity contribution is 5.74. The monoisotopic (exact) mass is 383 g/mol. The predicted octanol–water partition coefficient (Wildman–Crippen LogP) is 3.41. The molecule has 0 unspecified atom stereocenters. The van der Waals surface area contributed by atoms with Crippen LogP contribution in [0, 0.1) is 6.92 Å². The van der Waals surface area contributed by atoms with Gasteiger partial charge in [-0.1, -0.05) is 0 Å². The topological polar surface area (TPSA) is 85.4 Å². The molecule has 4 heterocycles. The Hall–Kier alpha value is -3.03. The lowest BCUT2D eigenvalue weighted by Gasteiger charge is -2.31. The third-order valence-corrected chi connectivity index (χ3v) is 4.97. The van der Waals surface area contributed by atoms with Gasteiger partial charge in [0.2, 0.25) is 5.95 Å². The summed E-state index contributed by atoms with van der Waals surface area (Å²) in [6, 6.07) is 8.02. The van der Waals surface area contributed by atoms with E-state index in [1.54, 1.807) is 11.1 Å². The highest BCUT2D eigenvalue weighted by Gasteiger charge is 2.25. The maximum atomic E-state index is 11.9. The van der Waals surface area contributed by atoms with Crippen LogP contribution in [0.4, 0.5) is 10.7 Å². The number of amides is 1. The van der Waals surface area contributed by atoms with Gasteiger partial charge in [-0.2, -0.15) is 0 Å². The van der Waals surface area contributed by atoms with Crippen LogP contribution < -0.4 is 5.32 Å². The molecule has 1 fully saturated rings. The summed E-state index contributed by atoms with van der Waals surface area (Å²) in [7, 11) is 0. The number of nitrogens with zero attached hydrogens (tertiary/aromatic N) is 4. The van der Waals surface area contributed by atoms with E-state index in [0.29, 0.717) is 26.2 Å². The molecule has 0 aromatic carbocycles. The van der Waals surface area contributed by atoms with Crippen molar-refractivity contribution in [3.05, 3.63) is 42.0 Å². The van der Waals surface area contributed by atoms with Gasteiger partial charge >= 0.3 is 6.09 Å². The van der Waals surface area contributed by atoms with Crippen molar-refractivity contribution in [2.45, 2.75) is 39.3 Å². The molecule has 0 spiro atoms. The fourth-order valence-electron chi connectivity index (χ4n) is 3.55. The molecule has 148 valence electrons. The van der Waals surface area contributed by atoms with E-state index in [4.69, 9.17) is 14.1 Å². The minimum atomic E-state index is -0.231. The number of rotatable bonds is 5. The van der Waals surface area contributed by atoms with Crippen molar-refractivity contribution < 1.29 is 13.9 Å². The number of aryl methyl sites for hydroxylation is 1. The number of likely N-dealkylation sites (tertiary alicyclic amines) is 1. The number of fused-ring (bicyclic) bond motifs is 1. The zero-order chi connectivity index (χ0) is 19.5. The molecule has 4 rings (SSSR count). The molecule has 28 heavy (non-hydrogen) atoms. The zero-order valence-electron chi connectivity index (χ0n) is 16.2. The van der Waals surface area contributed by atoms with Crippen molar-refractivity contribution in [3.63, 3.8) is 0 Å². The molecule has 1 aliphatic rings. The second-order valence-corrected chi connectivity index (χ2v) is 6.98. The highest BCUT2D eigenvalue weighted by atomic mass is 16.6. The molecule has 3 aromatic heterocycles. The Balaban J connectivity index is 1.51. The third kappa shape index (κ3) is 3.81. The quantitative estimate of drug-likeness (QED) is 0.727. The fraction of sp³-hybridized carbons (Fsp3) is 0.450. The summed E-state index contributed by atoms with van der Waals surface area (Å²) in [5.74, 6) is 2.52. The first-order chi connectivity index (χ1) is 13.6. The maximum Gasteiger partial charge on any atom is 0.409 e. The molecular formula is C20H25N5O3. The van der Waals surface area contributed by atoms with E-state index in [2.05, 4.69) is 10.3 Å². The van der Waals surface area contributed by atoms with Crippen LogP contribution in [-0.2, 0) is 11.3 Å². The van der Waals surface area contributed by atoms with E-state index in [1.165, 1.54) is 0 Å². The number of piperidine rings is 1. The average Bonchev–Trinajstić information content (AvgIpc) is 3.26. The number of imidazole rings is 1. The van der Waals surface area contributed by atoms with Gasteiger partial charge in [-0.3, -0.25) is 4.57 Å². The molecule has 0 bridgehead atoms. The van der Waals surface area contributed by atoms with Crippen LogP contribution >= 0.6 is 0 Å². The molecule has 0 radical (unpaired) electrons. The number of nitrogens with one attached hydrogen (secondary N) is 1. The molecule has 3 aromatic rings. The Morgan fingerprint density at radius 2 is 2.14 bits per heavy atom. The van der Waals surface area contributed by atoms with Gasteiger partial charge in [-0.15, -0.1) is 0 Å². The first-order valence-corrected chi connectivity index (χ1v) is 9.69.